The summed E-state index contributed by atoms with van der Waals surface area (Å²) in [6.45, 7) is 5.10. The number of fused-ring (bicyclic) bond motifs is 4. The number of rotatable bonds is 6. The van der Waals surface area contributed by atoms with Crippen LogP contribution >= 0.6 is 0 Å². The highest BCUT2D eigenvalue weighted by Gasteiger charge is 2.35. The maximum atomic E-state index is 13.8. The van der Waals surface area contributed by atoms with Crippen LogP contribution in [-0.4, -0.2) is 51.4 Å². The van der Waals surface area contributed by atoms with Crippen LogP contribution in [0, 0.1) is 6.92 Å². The average Bonchev–Trinajstić information content (AvgIpc) is 3.39. The molecule has 9 heteroatoms. The molecule has 1 aliphatic carbocycles. The summed E-state index contributed by atoms with van der Waals surface area (Å²) in [5, 5.41) is 0.840. The third kappa shape index (κ3) is 4.59. The average molecular weight is 496 g/mol. The number of aryl methyl sites for hydroxylation is 1. The second-order valence-electron chi connectivity index (χ2n) is 9.36. The van der Waals surface area contributed by atoms with Gasteiger partial charge >= 0.3 is 0 Å². The van der Waals surface area contributed by atoms with Crippen molar-refractivity contribution < 1.29 is 22.1 Å². The van der Waals surface area contributed by atoms with E-state index in [1.54, 1.807) is 11.0 Å². The van der Waals surface area contributed by atoms with E-state index in [2.05, 4.69) is 24.9 Å². The van der Waals surface area contributed by atoms with Crippen LogP contribution in [0.15, 0.2) is 35.9 Å². The molecule has 1 aromatic heterocycles. The number of nitrogens with one attached hydrogen (secondary N) is 1. The molecule has 2 aromatic carbocycles. The Bertz CT molecular complexity index is 1470. The number of H-pyrrole nitrogens is 1. The van der Waals surface area contributed by atoms with Crippen LogP contribution in [-0.2, 0) is 27.1 Å². The number of ether oxygens (including phenoxy) is 1. The van der Waals surface area contributed by atoms with Crippen LogP contribution in [0.2, 0.25) is 0 Å². The van der Waals surface area contributed by atoms with E-state index in [0.717, 1.165) is 46.0 Å². The zero-order valence-electron chi connectivity index (χ0n) is 20.1. The zero-order valence-corrected chi connectivity index (χ0v) is 20.9. The number of amides is 1. The molecule has 1 aliphatic heterocycles. The molecule has 5 rings (SSSR count). The van der Waals surface area contributed by atoms with Crippen molar-refractivity contribution in [3.63, 3.8) is 0 Å². The van der Waals surface area contributed by atoms with Crippen molar-refractivity contribution in [2.75, 3.05) is 30.9 Å². The number of aromatic nitrogens is 1. The fourth-order valence-corrected chi connectivity index (χ4v) is 5.71. The predicted molar refractivity (Wildman–Crippen MR) is 136 cm³/mol. The van der Waals surface area contributed by atoms with Crippen molar-refractivity contribution in [2.24, 2.45) is 5.73 Å². The van der Waals surface area contributed by atoms with Gasteiger partial charge in [-0.2, -0.15) is 8.42 Å². The third-order valence-corrected chi connectivity index (χ3v) is 7.13. The van der Waals surface area contributed by atoms with Gasteiger partial charge in [-0.25, -0.2) is 0 Å². The Balaban J connectivity index is 1.56. The van der Waals surface area contributed by atoms with E-state index < -0.39 is 16.2 Å². The Morgan fingerprint density at radius 2 is 2.00 bits per heavy atom. The lowest BCUT2D eigenvalue weighted by molar-refractivity contribution is 0.0961. The second-order valence-corrected chi connectivity index (χ2v) is 11.0. The molecule has 2 aliphatic rings. The van der Waals surface area contributed by atoms with Gasteiger partial charge in [-0.05, 0) is 72.9 Å². The van der Waals surface area contributed by atoms with Gasteiger partial charge in [0.2, 0.25) is 0 Å². The summed E-state index contributed by atoms with van der Waals surface area (Å²) in [6.07, 6.45) is 3.80. The van der Waals surface area contributed by atoms with Crippen molar-refractivity contribution in [1.29, 1.82) is 0 Å². The predicted octanol–water partition coefficient (Wildman–Crippen LogP) is 3.32. The maximum Gasteiger partial charge on any atom is 0.274 e. The summed E-state index contributed by atoms with van der Waals surface area (Å²) >= 11 is 0. The summed E-state index contributed by atoms with van der Waals surface area (Å²) in [5.74, 6) is 0.436. The van der Waals surface area contributed by atoms with Gasteiger partial charge in [0.25, 0.3) is 16.0 Å². The molecule has 8 nitrogen and oxygen atoms in total. The summed E-state index contributed by atoms with van der Waals surface area (Å²) in [7, 11) is -3.69. The largest absolute Gasteiger partial charge is 0.492 e. The summed E-state index contributed by atoms with van der Waals surface area (Å²) in [4.78, 5) is 18.6. The number of hydrogen-bond acceptors (Lipinski definition) is 6. The molecule has 184 valence electrons. The maximum absolute atomic E-state index is 13.8. The van der Waals surface area contributed by atoms with Crippen LogP contribution in [0.5, 0.6) is 5.75 Å². The number of allylic oxidation sites excluding steroid dienone is 1. The smallest absolute Gasteiger partial charge is 0.274 e. The zero-order chi connectivity index (χ0) is 24.9. The fraction of sp³-hybridized carbons (Fsp3) is 0.346. The van der Waals surface area contributed by atoms with Crippen LogP contribution < -0.4 is 15.4 Å². The number of anilines is 1. The molecule has 0 saturated carbocycles. The highest BCUT2D eigenvalue weighted by molar-refractivity contribution is 7.86. The SMILES string of the molecule is CC1=Cc2c(c(C)cc3c2C[C@H](OS(C)(=O)=O)CN3C(=O)c2cc3cc(OCCN)ccc3[nH]2)C1. The molecule has 0 saturated heterocycles. The van der Waals surface area contributed by atoms with Crippen LogP contribution in [0.3, 0.4) is 0 Å². The Hall–Kier alpha value is -3.14. The highest BCUT2D eigenvalue weighted by Crippen LogP contribution is 2.40. The summed E-state index contributed by atoms with van der Waals surface area (Å²) in [5.41, 5.74) is 13.1. The topological polar surface area (TPSA) is 115 Å². The standard InChI is InChI=1S/C26H29N3O5S/c1-15-8-20-16(2)10-25-22(21(20)9-15)13-19(34-35(3,31)32)14-29(25)26(30)24-12-17-11-18(33-7-6-27)4-5-23(17)28-24/h4-5,9-12,19,28H,6-8,13-14,27H2,1-3H3/t19-/m0/s1. The van der Waals surface area contributed by atoms with Gasteiger partial charge in [0.1, 0.15) is 18.1 Å². The first kappa shape index (κ1) is 23.6. The molecule has 35 heavy (non-hydrogen) atoms. The van der Waals surface area contributed by atoms with Crippen LogP contribution in [0.1, 0.15) is 39.7 Å². The van der Waals surface area contributed by atoms with E-state index in [1.165, 1.54) is 11.1 Å². The van der Waals surface area contributed by atoms with Crippen LogP contribution in [0.4, 0.5) is 5.69 Å². The minimum Gasteiger partial charge on any atom is -0.492 e. The molecule has 0 bridgehead atoms. The van der Waals surface area contributed by atoms with Crippen molar-refractivity contribution in [3.05, 3.63) is 63.9 Å². The van der Waals surface area contributed by atoms with Gasteiger partial charge in [0.05, 0.1) is 18.9 Å². The first-order valence-corrected chi connectivity index (χ1v) is 13.4. The lowest BCUT2D eigenvalue weighted by atomic mass is 9.90. The molecule has 0 radical (unpaired) electrons. The third-order valence-electron chi connectivity index (χ3n) is 6.51. The number of nitrogens with zero attached hydrogens (tertiary/aromatic N) is 1. The van der Waals surface area contributed by atoms with Gasteiger partial charge in [0.15, 0.2) is 0 Å². The number of aromatic amines is 1. The minimum atomic E-state index is -3.69. The van der Waals surface area contributed by atoms with Gasteiger partial charge in [-0.1, -0.05) is 11.6 Å². The highest BCUT2D eigenvalue weighted by atomic mass is 32.2. The number of benzene rings is 2. The molecule has 0 unspecified atom stereocenters. The first-order chi connectivity index (χ1) is 16.6. The molecule has 3 N–H and O–H groups in total. The number of carbonyl (C=O) groups excluding carboxylic acids is 1. The Morgan fingerprint density at radius 1 is 1.20 bits per heavy atom. The van der Waals surface area contributed by atoms with E-state index in [0.29, 0.717) is 31.0 Å². The summed E-state index contributed by atoms with van der Waals surface area (Å²) < 4.78 is 34.9. The van der Waals surface area contributed by atoms with Crippen molar-refractivity contribution in [1.82, 2.24) is 4.98 Å². The van der Waals surface area contributed by atoms with E-state index >= 15 is 0 Å². The lowest BCUT2D eigenvalue weighted by Gasteiger charge is -2.35. The quantitative estimate of drug-likeness (QED) is 0.507. The number of carbonyl (C=O) groups is 1. The molecular weight excluding hydrogens is 466 g/mol. The van der Waals surface area contributed by atoms with Gasteiger partial charge < -0.3 is 20.4 Å². The molecule has 0 spiro atoms. The molecular formula is C26H29N3O5S. The first-order valence-electron chi connectivity index (χ1n) is 11.6. The fourth-order valence-electron chi connectivity index (χ4n) is 5.09. The number of nitrogens with two attached hydrogens (primary N) is 1. The molecule has 1 amide bonds. The molecule has 1 atom stereocenters. The minimum absolute atomic E-state index is 0.139. The van der Waals surface area contributed by atoms with E-state index in [4.69, 9.17) is 14.7 Å². The Kier molecular flexibility index (Phi) is 5.94. The van der Waals surface area contributed by atoms with E-state index in [9.17, 15) is 13.2 Å². The van der Waals surface area contributed by atoms with Gasteiger partial charge in [-0.3, -0.25) is 8.98 Å². The molecule has 3 aromatic rings. The van der Waals surface area contributed by atoms with Crippen molar-refractivity contribution in [3.8, 4) is 5.75 Å². The van der Waals surface area contributed by atoms with E-state index in [-0.39, 0.29) is 12.5 Å². The van der Waals surface area contributed by atoms with Crippen molar-refractivity contribution in [2.45, 2.75) is 32.8 Å². The Morgan fingerprint density at radius 3 is 2.74 bits per heavy atom. The van der Waals surface area contributed by atoms with Gasteiger partial charge in [0, 0.05) is 29.6 Å². The van der Waals surface area contributed by atoms with Crippen LogP contribution in [0.25, 0.3) is 17.0 Å². The van der Waals surface area contributed by atoms with Crippen molar-refractivity contribution >= 4 is 38.7 Å². The van der Waals surface area contributed by atoms with E-state index in [1.807, 2.05) is 24.3 Å². The molecule has 2 heterocycles. The summed E-state index contributed by atoms with van der Waals surface area (Å²) in [6, 6.07) is 9.38. The number of hydrogen-bond donors (Lipinski definition) is 2. The Labute approximate surface area is 204 Å². The lowest BCUT2D eigenvalue weighted by Crippen LogP contribution is -2.44. The normalized spacial score (nSPS) is 17.3. The second kappa shape index (κ2) is 8.82. The molecule has 0 fully saturated rings. The van der Waals surface area contributed by atoms with Gasteiger partial charge in [-0.15, -0.1) is 0 Å². The monoisotopic (exact) mass is 495 g/mol.